The molecule has 0 radical (unpaired) electrons. The number of guanidine groups is 1. The van der Waals surface area contributed by atoms with Crippen molar-refractivity contribution in [1.29, 1.82) is 0 Å². The maximum atomic E-state index is 5.56. The van der Waals surface area contributed by atoms with Crippen LogP contribution in [0.1, 0.15) is 39.4 Å². The van der Waals surface area contributed by atoms with Crippen LogP contribution in [0.5, 0.6) is 0 Å². The number of nitrogens with zero attached hydrogens (tertiary/aromatic N) is 2. The molecule has 2 N–H and O–H groups in total. The van der Waals surface area contributed by atoms with Gasteiger partial charge in [0, 0.05) is 32.8 Å². The molecule has 138 valence electrons. The summed E-state index contributed by atoms with van der Waals surface area (Å²) in [6.45, 7) is 13.5. The van der Waals surface area contributed by atoms with Crippen LogP contribution in [-0.2, 0) is 11.3 Å². The Morgan fingerprint density at radius 3 is 2.79 bits per heavy atom. The topological polar surface area (TPSA) is 62.0 Å². The third kappa shape index (κ3) is 9.57. The van der Waals surface area contributed by atoms with Gasteiger partial charge in [-0.1, -0.05) is 13.8 Å². The summed E-state index contributed by atoms with van der Waals surface area (Å²) >= 11 is 0. The van der Waals surface area contributed by atoms with Gasteiger partial charge in [0.2, 0.25) is 0 Å². The molecular weight excluding hydrogens is 304 g/mol. The molecule has 0 aliphatic carbocycles. The Balaban J connectivity index is 2.16. The molecule has 24 heavy (non-hydrogen) atoms. The van der Waals surface area contributed by atoms with Gasteiger partial charge in [-0.3, -0.25) is 4.99 Å². The fourth-order valence-electron chi connectivity index (χ4n) is 2.34. The second-order valence-corrected chi connectivity index (χ2v) is 5.61. The maximum absolute atomic E-state index is 5.56. The van der Waals surface area contributed by atoms with Crippen molar-refractivity contribution >= 4 is 5.96 Å². The van der Waals surface area contributed by atoms with Crippen LogP contribution in [0.25, 0.3) is 0 Å². The van der Waals surface area contributed by atoms with Gasteiger partial charge in [0.1, 0.15) is 12.4 Å². The van der Waals surface area contributed by atoms with Crippen LogP contribution < -0.4 is 10.6 Å². The van der Waals surface area contributed by atoms with Crippen molar-refractivity contribution in [2.45, 2.75) is 40.2 Å². The largest absolute Gasteiger partial charge is 0.467 e. The number of likely N-dealkylation sites (N-methyl/N-ethyl adjacent to an activating group) is 1. The molecule has 1 rings (SSSR count). The van der Waals surface area contributed by atoms with Gasteiger partial charge >= 0.3 is 0 Å². The van der Waals surface area contributed by atoms with Crippen LogP contribution in [0.15, 0.2) is 27.8 Å². The van der Waals surface area contributed by atoms with E-state index in [9.17, 15) is 0 Å². The van der Waals surface area contributed by atoms with E-state index in [2.05, 4.69) is 41.3 Å². The SMILES string of the molecule is CCCN(CC)CCNC(=NCCCOCc1ccco1)NCC. The predicted octanol–water partition coefficient (Wildman–Crippen LogP) is 2.47. The zero-order valence-electron chi connectivity index (χ0n) is 15.5. The number of aliphatic imine (C=N–C) groups is 1. The van der Waals surface area contributed by atoms with Crippen molar-refractivity contribution in [3.63, 3.8) is 0 Å². The van der Waals surface area contributed by atoms with Gasteiger partial charge in [0.05, 0.1) is 6.26 Å². The summed E-state index contributed by atoms with van der Waals surface area (Å²) in [5.41, 5.74) is 0. The Morgan fingerprint density at radius 2 is 2.12 bits per heavy atom. The molecule has 0 fully saturated rings. The molecule has 0 spiro atoms. The molecule has 1 aromatic rings. The van der Waals surface area contributed by atoms with Crippen molar-refractivity contribution in [2.24, 2.45) is 4.99 Å². The number of nitrogens with one attached hydrogen (secondary N) is 2. The smallest absolute Gasteiger partial charge is 0.191 e. The summed E-state index contributed by atoms with van der Waals surface area (Å²) in [5.74, 6) is 1.75. The number of rotatable bonds is 13. The highest BCUT2D eigenvalue weighted by Crippen LogP contribution is 2.01. The van der Waals surface area contributed by atoms with Gasteiger partial charge in [0.25, 0.3) is 0 Å². The van der Waals surface area contributed by atoms with E-state index in [0.29, 0.717) is 13.2 Å². The summed E-state index contributed by atoms with van der Waals surface area (Å²) in [6, 6.07) is 3.79. The predicted molar refractivity (Wildman–Crippen MR) is 99.4 cm³/mol. The third-order valence-corrected chi connectivity index (χ3v) is 3.59. The Kier molecular flexibility index (Phi) is 11.9. The lowest BCUT2D eigenvalue weighted by Crippen LogP contribution is -2.41. The summed E-state index contributed by atoms with van der Waals surface area (Å²) in [6.07, 6.45) is 3.76. The Bertz CT molecular complexity index is 421. The quantitative estimate of drug-likeness (QED) is 0.329. The minimum atomic E-state index is 0.527. The number of hydrogen-bond acceptors (Lipinski definition) is 4. The lowest BCUT2D eigenvalue weighted by atomic mass is 10.4. The van der Waals surface area contributed by atoms with E-state index >= 15 is 0 Å². The first-order valence-electron chi connectivity index (χ1n) is 9.14. The molecule has 1 aromatic heterocycles. The summed E-state index contributed by atoms with van der Waals surface area (Å²) in [7, 11) is 0. The first kappa shape index (κ1) is 20.5. The molecule has 0 bridgehead atoms. The summed E-state index contributed by atoms with van der Waals surface area (Å²) in [5, 5.41) is 6.68. The fourth-order valence-corrected chi connectivity index (χ4v) is 2.34. The third-order valence-electron chi connectivity index (χ3n) is 3.59. The van der Waals surface area contributed by atoms with Crippen LogP contribution in [0.3, 0.4) is 0 Å². The highest BCUT2D eigenvalue weighted by Gasteiger charge is 2.02. The molecule has 0 saturated carbocycles. The minimum absolute atomic E-state index is 0.527. The molecule has 0 aromatic carbocycles. The van der Waals surface area contributed by atoms with E-state index in [1.807, 2.05) is 12.1 Å². The number of furan rings is 1. The van der Waals surface area contributed by atoms with Gasteiger partial charge < -0.3 is 24.7 Å². The second-order valence-electron chi connectivity index (χ2n) is 5.61. The molecule has 0 amide bonds. The molecular formula is C18H34N4O2. The molecule has 0 saturated heterocycles. The average molecular weight is 338 g/mol. The molecule has 6 heteroatoms. The van der Waals surface area contributed by atoms with Gasteiger partial charge in [0.15, 0.2) is 5.96 Å². The first-order valence-corrected chi connectivity index (χ1v) is 9.14. The molecule has 0 aliphatic rings. The van der Waals surface area contributed by atoms with Crippen molar-refractivity contribution in [3.05, 3.63) is 24.2 Å². The van der Waals surface area contributed by atoms with Crippen molar-refractivity contribution in [2.75, 3.05) is 45.9 Å². The van der Waals surface area contributed by atoms with Crippen LogP contribution in [0.4, 0.5) is 0 Å². The van der Waals surface area contributed by atoms with E-state index in [1.54, 1.807) is 6.26 Å². The average Bonchev–Trinajstić information content (AvgIpc) is 3.10. The zero-order valence-corrected chi connectivity index (χ0v) is 15.5. The normalized spacial score (nSPS) is 11.9. The van der Waals surface area contributed by atoms with Gasteiger partial charge in [-0.05, 0) is 45.0 Å². The Hall–Kier alpha value is -1.53. The molecule has 1 heterocycles. The fraction of sp³-hybridized carbons (Fsp3) is 0.722. The van der Waals surface area contributed by atoms with Crippen LogP contribution in [0.2, 0.25) is 0 Å². The Morgan fingerprint density at radius 1 is 1.25 bits per heavy atom. The van der Waals surface area contributed by atoms with Crippen LogP contribution in [0, 0.1) is 0 Å². The monoisotopic (exact) mass is 338 g/mol. The van der Waals surface area contributed by atoms with Crippen molar-refractivity contribution in [3.8, 4) is 0 Å². The lowest BCUT2D eigenvalue weighted by Gasteiger charge is -2.20. The van der Waals surface area contributed by atoms with E-state index in [1.165, 1.54) is 6.42 Å². The molecule has 0 atom stereocenters. The first-order chi connectivity index (χ1) is 11.8. The number of ether oxygens (including phenoxy) is 1. The van der Waals surface area contributed by atoms with Gasteiger partial charge in [-0.2, -0.15) is 0 Å². The van der Waals surface area contributed by atoms with E-state index in [0.717, 1.165) is 57.4 Å². The van der Waals surface area contributed by atoms with E-state index < -0.39 is 0 Å². The van der Waals surface area contributed by atoms with Gasteiger partial charge in [-0.25, -0.2) is 0 Å². The van der Waals surface area contributed by atoms with E-state index in [-0.39, 0.29) is 0 Å². The highest BCUT2D eigenvalue weighted by molar-refractivity contribution is 5.79. The van der Waals surface area contributed by atoms with Crippen molar-refractivity contribution in [1.82, 2.24) is 15.5 Å². The standard InChI is InChI=1S/C18H34N4O2/c1-4-12-22(6-3)13-11-21-18(19-5-2)20-10-8-14-23-16-17-9-7-15-24-17/h7,9,15H,4-6,8,10-14,16H2,1-3H3,(H2,19,20,21). The molecule has 0 aliphatic heterocycles. The molecule has 0 unspecified atom stereocenters. The number of hydrogen-bond donors (Lipinski definition) is 2. The van der Waals surface area contributed by atoms with Crippen LogP contribution >= 0.6 is 0 Å². The Labute approximate surface area is 146 Å². The maximum Gasteiger partial charge on any atom is 0.191 e. The second kappa shape index (κ2) is 13.9. The minimum Gasteiger partial charge on any atom is -0.467 e. The summed E-state index contributed by atoms with van der Waals surface area (Å²) in [4.78, 5) is 7.03. The van der Waals surface area contributed by atoms with E-state index in [4.69, 9.17) is 9.15 Å². The molecule has 6 nitrogen and oxygen atoms in total. The van der Waals surface area contributed by atoms with Crippen LogP contribution in [-0.4, -0.2) is 56.7 Å². The lowest BCUT2D eigenvalue weighted by molar-refractivity contribution is 0.105. The van der Waals surface area contributed by atoms with Gasteiger partial charge in [-0.15, -0.1) is 0 Å². The van der Waals surface area contributed by atoms with Crippen molar-refractivity contribution < 1.29 is 9.15 Å². The summed E-state index contributed by atoms with van der Waals surface area (Å²) < 4.78 is 10.8. The highest BCUT2D eigenvalue weighted by atomic mass is 16.5. The zero-order chi connectivity index (χ0) is 17.5.